The summed E-state index contributed by atoms with van der Waals surface area (Å²) in [7, 11) is 3.52. The molecule has 1 atom stereocenters. The van der Waals surface area contributed by atoms with Crippen LogP contribution in [0.25, 0.3) is 0 Å². The Labute approximate surface area is 189 Å². The van der Waals surface area contributed by atoms with Gasteiger partial charge in [0.2, 0.25) is 5.91 Å². The molecule has 2 aliphatic rings. The van der Waals surface area contributed by atoms with Crippen molar-refractivity contribution in [3.63, 3.8) is 0 Å². The maximum Gasteiger partial charge on any atom is 0.255 e. The number of pyridine rings is 1. The molecule has 0 N–H and O–H groups in total. The minimum atomic E-state index is -0.674. The van der Waals surface area contributed by atoms with Crippen molar-refractivity contribution in [2.45, 2.75) is 44.2 Å². The third kappa shape index (κ3) is 3.45. The Kier molecular flexibility index (Phi) is 5.75. The fourth-order valence-corrected chi connectivity index (χ4v) is 5.37. The summed E-state index contributed by atoms with van der Waals surface area (Å²) in [6.45, 7) is 4.95. The Morgan fingerprint density at radius 2 is 1.78 bits per heavy atom. The predicted octanol–water partition coefficient (Wildman–Crippen LogP) is 2.79. The molecule has 168 valence electrons. The van der Waals surface area contributed by atoms with Gasteiger partial charge in [0.25, 0.3) is 11.8 Å². The van der Waals surface area contributed by atoms with E-state index < -0.39 is 11.5 Å². The molecule has 32 heavy (non-hydrogen) atoms. The zero-order valence-electron chi connectivity index (χ0n) is 19.1. The molecule has 7 heteroatoms. The summed E-state index contributed by atoms with van der Waals surface area (Å²) < 4.78 is 0. The van der Waals surface area contributed by atoms with Crippen LogP contribution >= 0.6 is 0 Å². The van der Waals surface area contributed by atoms with Crippen LogP contribution < -0.4 is 0 Å². The van der Waals surface area contributed by atoms with Gasteiger partial charge in [-0.1, -0.05) is 18.2 Å². The van der Waals surface area contributed by atoms with E-state index in [-0.39, 0.29) is 23.8 Å². The van der Waals surface area contributed by atoms with Gasteiger partial charge in [-0.3, -0.25) is 19.4 Å². The molecule has 1 saturated heterocycles. The Morgan fingerprint density at radius 1 is 1.09 bits per heavy atom. The highest BCUT2D eigenvalue weighted by molar-refractivity contribution is 6.02. The van der Waals surface area contributed by atoms with Crippen molar-refractivity contribution in [3.8, 4) is 0 Å². The Bertz CT molecular complexity index is 1030. The SMILES string of the molecule is CC(C)N1C(=O)c2ccccc2C(C(=O)N(C)C)C12CCN(C(=O)c1cccnc1)CC2. The highest BCUT2D eigenvalue weighted by Crippen LogP contribution is 2.48. The number of carbonyl (C=O) groups excluding carboxylic acids is 3. The molecule has 1 aromatic heterocycles. The molecule has 2 aliphatic heterocycles. The number of rotatable bonds is 3. The molecule has 1 aromatic carbocycles. The molecular formula is C25H30N4O3. The van der Waals surface area contributed by atoms with E-state index >= 15 is 0 Å². The number of nitrogens with zero attached hydrogens (tertiary/aromatic N) is 4. The molecule has 0 radical (unpaired) electrons. The van der Waals surface area contributed by atoms with Gasteiger partial charge in [0, 0.05) is 51.2 Å². The number of amides is 3. The lowest BCUT2D eigenvalue weighted by molar-refractivity contribution is -0.136. The van der Waals surface area contributed by atoms with Crippen LogP contribution in [0.2, 0.25) is 0 Å². The van der Waals surface area contributed by atoms with E-state index in [1.165, 1.54) is 0 Å². The van der Waals surface area contributed by atoms with Crippen molar-refractivity contribution in [2.24, 2.45) is 0 Å². The van der Waals surface area contributed by atoms with Crippen LogP contribution in [0.15, 0.2) is 48.8 Å². The van der Waals surface area contributed by atoms with Gasteiger partial charge in [0.05, 0.1) is 17.0 Å². The van der Waals surface area contributed by atoms with Crippen molar-refractivity contribution >= 4 is 17.7 Å². The molecule has 3 heterocycles. The minimum absolute atomic E-state index is 0.0114. The Balaban J connectivity index is 1.75. The van der Waals surface area contributed by atoms with E-state index in [0.29, 0.717) is 37.1 Å². The van der Waals surface area contributed by atoms with Gasteiger partial charge in [-0.2, -0.15) is 0 Å². The number of piperidine rings is 1. The van der Waals surface area contributed by atoms with Crippen LogP contribution in [0.1, 0.15) is 58.9 Å². The third-order valence-corrected chi connectivity index (χ3v) is 6.77. The molecule has 1 fully saturated rings. The van der Waals surface area contributed by atoms with Crippen LogP contribution in [-0.2, 0) is 4.79 Å². The van der Waals surface area contributed by atoms with Crippen molar-refractivity contribution in [2.75, 3.05) is 27.2 Å². The van der Waals surface area contributed by atoms with Gasteiger partial charge in [-0.15, -0.1) is 0 Å². The normalized spacial score (nSPS) is 19.8. The van der Waals surface area contributed by atoms with E-state index in [4.69, 9.17) is 0 Å². The van der Waals surface area contributed by atoms with E-state index in [2.05, 4.69) is 4.98 Å². The zero-order chi connectivity index (χ0) is 23.0. The standard InChI is InChI=1S/C25H30N4O3/c1-17(2)29-23(31)20-10-6-5-9-19(20)21(24(32)27(3)4)25(29)11-14-28(15-12-25)22(30)18-8-7-13-26-16-18/h5-10,13,16-17,21H,11-12,14-15H2,1-4H3. The average Bonchev–Trinajstić information content (AvgIpc) is 2.79. The van der Waals surface area contributed by atoms with Crippen LogP contribution in [0.5, 0.6) is 0 Å². The fraction of sp³-hybridized carbons (Fsp3) is 0.440. The number of hydrogen-bond donors (Lipinski definition) is 0. The summed E-state index contributed by atoms with van der Waals surface area (Å²) in [5.74, 6) is -0.584. The van der Waals surface area contributed by atoms with E-state index in [9.17, 15) is 14.4 Å². The van der Waals surface area contributed by atoms with Crippen molar-refractivity contribution in [3.05, 3.63) is 65.5 Å². The molecular weight excluding hydrogens is 404 g/mol. The van der Waals surface area contributed by atoms with Gasteiger partial charge < -0.3 is 14.7 Å². The molecule has 2 aromatic rings. The predicted molar refractivity (Wildman–Crippen MR) is 121 cm³/mol. The first-order chi connectivity index (χ1) is 15.3. The number of likely N-dealkylation sites (tertiary alicyclic amines) is 1. The second kappa shape index (κ2) is 8.37. The first kappa shape index (κ1) is 22.0. The Hall–Kier alpha value is -3.22. The molecule has 4 rings (SSSR count). The lowest BCUT2D eigenvalue weighted by Gasteiger charge is -2.56. The topological polar surface area (TPSA) is 73.8 Å². The molecule has 0 saturated carbocycles. The van der Waals surface area contributed by atoms with Gasteiger partial charge in [0.15, 0.2) is 0 Å². The fourth-order valence-electron chi connectivity index (χ4n) is 5.37. The highest BCUT2D eigenvalue weighted by atomic mass is 16.2. The smallest absolute Gasteiger partial charge is 0.255 e. The summed E-state index contributed by atoms with van der Waals surface area (Å²) in [5.41, 5.74) is 1.27. The molecule has 0 aliphatic carbocycles. The van der Waals surface area contributed by atoms with Crippen LogP contribution in [-0.4, -0.2) is 76.2 Å². The number of aromatic nitrogens is 1. The van der Waals surface area contributed by atoms with Gasteiger partial charge >= 0.3 is 0 Å². The first-order valence-corrected chi connectivity index (χ1v) is 11.1. The van der Waals surface area contributed by atoms with Gasteiger partial charge in [0.1, 0.15) is 0 Å². The first-order valence-electron chi connectivity index (χ1n) is 11.1. The van der Waals surface area contributed by atoms with Gasteiger partial charge in [-0.25, -0.2) is 0 Å². The highest BCUT2D eigenvalue weighted by Gasteiger charge is 2.56. The van der Waals surface area contributed by atoms with Crippen LogP contribution in [0.3, 0.4) is 0 Å². The summed E-state index contributed by atoms with van der Waals surface area (Å²) >= 11 is 0. The largest absolute Gasteiger partial charge is 0.348 e. The molecule has 0 bridgehead atoms. The number of carbonyl (C=O) groups is 3. The average molecular weight is 435 g/mol. The number of hydrogen-bond acceptors (Lipinski definition) is 4. The maximum absolute atomic E-state index is 13.6. The maximum atomic E-state index is 13.6. The van der Waals surface area contributed by atoms with Crippen molar-refractivity contribution < 1.29 is 14.4 Å². The molecule has 1 spiro atoms. The quantitative estimate of drug-likeness (QED) is 0.745. The van der Waals surface area contributed by atoms with E-state index in [1.807, 2.05) is 47.9 Å². The summed E-state index contributed by atoms with van der Waals surface area (Å²) in [6, 6.07) is 10.9. The van der Waals surface area contributed by atoms with Crippen molar-refractivity contribution in [1.29, 1.82) is 0 Å². The summed E-state index contributed by atoms with van der Waals surface area (Å²) in [6.07, 6.45) is 4.31. The zero-order valence-corrected chi connectivity index (χ0v) is 19.1. The molecule has 7 nitrogen and oxygen atoms in total. The summed E-state index contributed by atoms with van der Waals surface area (Å²) in [4.78, 5) is 49.6. The second-order valence-corrected chi connectivity index (χ2v) is 9.16. The number of fused-ring (bicyclic) bond motifs is 1. The second-order valence-electron chi connectivity index (χ2n) is 9.16. The van der Waals surface area contributed by atoms with Crippen LogP contribution in [0.4, 0.5) is 0 Å². The third-order valence-electron chi connectivity index (χ3n) is 6.77. The minimum Gasteiger partial charge on any atom is -0.348 e. The molecule has 3 amide bonds. The monoisotopic (exact) mass is 434 g/mol. The summed E-state index contributed by atoms with van der Waals surface area (Å²) in [5, 5.41) is 0. The Morgan fingerprint density at radius 3 is 2.38 bits per heavy atom. The van der Waals surface area contributed by atoms with E-state index in [1.54, 1.807) is 43.5 Å². The van der Waals surface area contributed by atoms with E-state index in [0.717, 1.165) is 5.56 Å². The van der Waals surface area contributed by atoms with Crippen molar-refractivity contribution in [1.82, 2.24) is 19.7 Å². The lowest BCUT2D eigenvalue weighted by Crippen LogP contribution is -2.67. The van der Waals surface area contributed by atoms with Gasteiger partial charge in [-0.05, 0) is 50.5 Å². The molecule has 1 unspecified atom stereocenters. The van der Waals surface area contributed by atoms with Crippen LogP contribution in [0, 0.1) is 0 Å². The number of benzene rings is 1. The lowest BCUT2D eigenvalue weighted by atomic mass is 9.66. The number of likely N-dealkylation sites (N-methyl/N-ethyl adjacent to an activating group) is 1.